The Bertz CT molecular complexity index is 914. The molecule has 1 aliphatic rings. The van der Waals surface area contributed by atoms with Gasteiger partial charge in [-0.2, -0.15) is 4.31 Å². The third kappa shape index (κ3) is 6.16. The average molecular weight is 439 g/mol. The summed E-state index contributed by atoms with van der Waals surface area (Å²) in [6, 6.07) is 4.93. The van der Waals surface area contributed by atoms with Crippen molar-refractivity contribution in [2.75, 3.05) is 31.7 Å². The van der Waals surface area contributed by atoms with Crippen molar-refractivity contribution >= 4 is 43.3 Å². The van der Waals surface area contributed by atoms with Crippen LogP contribution in [0.4, 0.5) is 0 Å². The number of ether oxygens (including phenoxy) is 1. The second-order valence-corrected chi connectivity index (χ2v) is 10.8. The molecule has 1 unspecified atom stereocenters. The number of nitrogens with zero attached hydrogens (tertiary/aromatic N) is 1. The van der Waals surface area contributed by atoms with Crippen molar-refractivity contribution in [1.29, 1.82) is 0 Å². The van der Waals surface area contributed by atoms with E-state index in [0.717, 1.165) is 4.31 Å². The largest absolute Gasteiger partial charge is 0.455 e. The predicted molar refractivity (Wildman–Crippen MR) is 97.4 cm³/mol. The van der Waals surface area contributed by atoms with E-state index in [1.54, 1.807) is 0 Å². The van der Waals surface area contributed by atoms with Gasteiger partial charge in [0.25, 0.3) is 5.91 Å². The maximum Gasteiger partial charge on any atom is 0.321 e. The van der Waals surface area contributed by atoms with Crippen LogP contribution in [0.2, 0.25) is 5.02 Å². The first kappa shape index (κ1) is 21.6. The molecule has 1 N–H and O–H groups in total. The molecule has 0 saturated carbocycles. The summed E-state index contributed by atoms with van der Waals surface area (Å²) in [5.41, 5.74) is 0. The van der Waals surface area contributed by atoms with Crippen LogP contribution in [0.3, 0.4) is 0 Å². The minimum absolute atomic E-state index is 0.00505. The van der Waals surface area contributed by atoms with Crippen LogP contribution in [-0.4, -0.2) is 70.8 Å². The lowest BCUT2D eigenvalue weighted by molar-refractivity contribution is -0.148. The van der Waals surface area contributed by atoms with Crippen molar-refractivity contribution < 1.29 is 31.2 Å². The highest BCUT2D eigenvalue weighted by Crippen LogP contribution is 2.17. The molecular weight excluding hydrogens is 420 g/mol. The van der Waals surface area contributed by atoms with Crippen molar-refractivity contribution in [2.45, 2.75) is 17.4 Å². The molecule has 1 aliphatic heterocycles. The van der Waals surface area contributed by atoms with Crippen molar-refractivity contribution in [3.63, 3.8) is 0 Å². The number of sulfonamides is 1. The van der Waals surface area contributed by atoms with Crippen LogP contribution in [0.15, 0.2) is 29.2 Å². The summed E-state index contributed by atoms with van der Waals surface area (Å²) >= 11 is 5.72. The van der Waals surface area contributed by atoms with Gasteiger partial charge in [0.05, 0.1) is 16.4 Å². The highest BCUT2D eigenvalue weighted by molar-refractivity contribution is 7.91. The van der Waals surface area contributed by atoms with Gasteiger partial charge in [0.1, 0.15) is 6.54 Å². The standard InChI is InChI=1S/C15H19ClN2O7S2/c1-18(27(23,24)13-4-2-11(16)3-5-13)8-15(20)25-9-14(19)17-12-6-7-26(21,22)10-12/h2-5,12H,6-10H2,1H3,(H,17,19). The Morgan fingerprint density at radius 3 is 2.48 bits per heavy atom. The zero-order chi connectivity index (χ0) is 20.2. The number of hydrogen-bond acceptors (Lipinski definition) is 7. The lowest BCUT2D eigenvalue weighted by Crippen LogP contribution is -2.39. The molecule has 1 atom stereocenters. The van der Waals surface area contributed by atoms with Gasteiger partial charge in [-0.15, -0.1) is 0 Å². The molecule has 150 valence electrons. The van der Waals surface area contributed by atoms with E-state index in [9.17, 15) is 26.4 Å². The van der Waals surface area contributed by atoms with Crippen molar-refractivity contribution in [2.24, 2.45) is 0 Å². The first-order chi connectivity index (χ1) is 12.5. The van der Waals surface area contributed by atoms with Crippen molar-refractivity contribution in [3.05, 3.63) is 29.3 Å². The molecule has 0 aromatic heterocycles. The van der Waals surface area contributed by atoms with Gasteiger partial charge in [-0.3, -0.25) is 9.59 Å². The predicted octanol–water partition coefficient (Wildman–Crippen LogP) is -0.193. The molecule has 0 aliphatic carbocycles. The molecule has 1 aromatic carbocycles. The van der Waals surface area contributed by atoms with Gasteiger partial charge < -0.3 is 10.1 Å². The summed E-state index contributed by atoms with van der Waals surface area (Å²) in [5, 5.41) is 2.84. The molecule has 1 saturated heterocycles. The van der Waals surface area contributed by atoms with E-state index < -0.39 is 50.9 Å². The number of likely N-dealkylation sites (N-methyl/N-ethyl adjacent to an activating group) is 1. The van der Waals surface area contributed by atoms with Gasteiger partial charge in [0.15, 0.2) is 16.4 Å². The van der Waals surface area contributed by atoms with E-state index in [0.29, 0.717) is 11.4 Å². The fraction of sp³-hybridized carbons (Fsp3) is 0.467. The quantitative estimate of drug-likeness (QED) is 0.584. The fourth-order valence-electron chi connectivity index (χ4n) is 2.42. The summed E-state index contributed by atoms with van der Waals surface area (Å²) in [7, 11) is -5.85. The van der Waals surface area contributed by atoms with E-state index in [-0.39, 0.29) is 16.4 Å². The SMILES string of the molecule is CN(CC(=O)OCC(=O)NC1CCS(=O)(=O)C1)S(=O)(=O)c1ccc(Cl)cc1. The number of carbonyl (C=O) groups is 2. The molecular formula is C15H19ClN2O7S2. The minimum atomic E-state index is -3.91. The third-order valence-electron chi connectivity index (χ3n) is 3.84. The van der Waals surface area contributed by atoms with E-state index >= 15 is 0 Å². The second-order valence-electron chi connectivity index (χ2n) is 6.04. The van der Waals surface area contributed by atoms with Crippen LogP contribution in [0, 0.1) is 0 Å². The Morgan fingerprint density at radius 2 is 1.93 bits per heavy atom. The minimum Gasteiger partial charge on any atom is -0.455 e. The van der Waals surface area contributed by atoms with Crippen molar-refractivity contribution in [3.8, 4) is 0 Å². The lowest BCUT2D eigenvalue weighted by Gasteiger charge is -2.16. The lowest BCUT2D eigenvalue weighted by atomic mass is 10.2. The Kier molecular flexibility index (Phi) is 6.84. The smallest absolute Gasteiger partial charge is 0.321 e. The molecule has 1 fully saturated rings. The zero-order valence-corrected chi connectivity index (χ0v) is 16.8. The molecule has 0 radical (unpaired) electrons. The van der Waals surface area contributed by atoms with Gasteiger partial charge in [-0.05, 0) is 30.7 Å². The van der Waals surface area contributed by atoms with Crippen LogP contribution in [0.1, 0.15) is 6.42 Å². The molecule has 27 heavy (non-hydrogen) atoms. The number of sulfone groups is 1. The molecule has 0 bridgehead atoms. The summed E-state index contributed by atoms with van der Waals surface area (Å²) in [4.78, 5) is 23.5. The topological polar surface area (TPSA) is 127 Å². The number of halogens is 1. The molecule has 9 nitrogen and oxygen atoms in total. The van der Waals surface area contributed by atoms with Gasteiger partial charge in [-0.25, -0.2) is 16.8 Å². The van der Waals surface area contributed by atoms with Crippen LogP contribution in [-0.2, 0) is 34.2 Å². The fourth-order valence-corrected chi connectivity index (χ4v) is 5.34. The molecule has 2 rings (SSSR count). The van der Waals surface area contributed by atoms with Gasteiger partial charge >= 0.3 is 5.97 Å². The Balaban J connectivity index is 1.82. The van der Waals surface area contributed by atoms with E-state index in [1.165, 1.54) is 31.3 Å². The monoisotopic (exact) mass is 438 g/mol. The first-order valence-corrected chi connectivity index (χ1v) is 11.5. The number of amides is 1. The maximum absolute atomic E-state index is 12.3. The molecule has 1 amide bonds. The summed E-state index contributed by atoms with van der Waals surface area (Å²) < 4.78 is 52.9. The van der Waals surface area contributed by atoms with Gasteiger partial charge in [0.2, 0.25) is 10.0 Å². The summed E-state index contributed by atoms with van der Waals surface area (Å²) in [6.07, 6.45) is 0.310. The Morgan fingerprint density at radius 1 is 1.30 bits per heavy atom. The number of esters is 1. The third-order valence-corrected chi connectivity index (χ3v) is 7.67. The van der Waals surface area contributed by atoms with Crippen LogP contribution < -0.4 is 5.32 Å². The highest BCUT2D eigenvalue weighted by Gasteiger charge is 2.29. The highest BCUT2D eigenvalue weighted by atomic mass is 35.5. The molecule has 1 aromatic rings. The number of nitrogens with one attached hydrogen (secondary N) is 1. The first-order valence-electron chi connectivity index (χ1n) is 7.87. The van der Waals surface area contributed by atoms with E-state index in [2.05, 4.69) is 5.32 Å². The average Bonchev–Trinajstić information content (AvgIpc) is 2.91. The maximum atomic E-state index is 12.3. The van der Waals surface area contributed by atoms with Crippen LogP contribution in [0.25, 0.3) is 0 Å². The Labute approximate surface area is 162 Å². The zero-order valence-electron chi connectivity index (χ0n) is 14.4. The Hall–Kier alpha value is -1.69. The number of benzene rings is 1. The number of carbonyl (C=O) groups excluding carboxylic acids is 2. The normalized spacial score (nSPS) is 19.0. The second kappa shape index (κ2) is 8.55. The van der Waals surface area contributed by atoms with Crippen LogP contribution >= 0.6 is 11.6 Å². The molecule has 1 heterocycles. The molecule has 12 heteroatoms. The number of hydrogen-bond donors (Lipinski definition) is 1. The van der Waals surface area contributed by atoms with E-state index in [4.69, 9.17) is 16.3 Å². The van der Waals surface area contributed by atoms with E-state index in [1.807, 2.05) is 0 Å². The summed E-state index contributed by atoms with van der Waals surface area (Å²) in [6.45, 7) is -1.21. The van der Waals surface area contributed by atoms with Crippen molar-refractivity contribution in [1.82, 2.24) is 9.62 Å². The van der Waals surface area contributed by atoms with Gasteiger partial charge in [0, 0.05) is 18.1 Å². The molecule has 0 spiro atoms. The summed E-state index contributed by atoms with van der Waals surface area (Å²) in [5.74, 6) is -1.70. The number of rotatable bonds is 7. The van der Waals surface area contributed by atoms with Crippen LogP contribution in [0.5, 0.6) is 0 Å². The van der Waals surface area contributed by atoms with Gasteiger partial charge in [-0.1, -0.05) is 11.6 Å².